The average Bonchev–Trinajstić information content (AvgIpc) is 2.47. The van der Waals surface area contributed by atoms with E-state index in [0.29, 0.717) is 17.4 Å². The molecule has 1 aliphatic heterocycles. The molecule has 2 N–H and O–H groups in total. The van der Waals surface area contributed by atoms with E-state index in [9.17, 15) is 4.79 Å². The molecule has 1 heterocycles. The molecule has 4 nitrogen and oxygen atoms in total. The van der Waals surface area contributed by atoms with Crippen molar-refractivity contribution in [2.75, 3.05) is 25.0 Å². The summed E-state index contributed by atoms with van der Waals surface area (Å²) in [5.41, 5.74) is 0.717. The molecule has 1 saturated heterocycles. The van der Waals surface area contributed by atoms with Crippen molar-refractivity contribution in [2.24, 2.45) is 5.92 Å². The number of hydrogen-bond donors (Lipinski definition) is 2. The Bertz CT molecular complexity index is 463. The Morgan fingerprint density at radius 1 is 1.52 bits per heavy atom. The van der Waals surface area contributed by atoms with E-state index in [4.69, 9.17) is 16.3 Å². The van der Waals surface area contributed by atoms with Gasteiger partial charge in [0.15, 0.2) is 0 Å². The molecule has 0 aromatic heterocycles. The first kappa shape index (κ1) is 18.1. The van der Waals surface area contributed by atoms with Crippen molar-refractivity contribution in [2.45, 2.75) is 26.2 Å². The molecule has 1 amide bonds. The lowest BCUT2D eigenvalue weighted by Crippen LogP contribution is -2.37. The van der Waals surface area contributed by atoms with Crippen LogP contribution in [-0.2, 0) is 4.79 Å². The fraction of sp³-hybridized carbons (Fsp3) is 0.533. The van der Waals surface area contributed by atoms with E-state index in [-0.39, 0.29) is 24.2 Å². The zero-order chi connectivity index (χ0) is 14.4. The lowest BCUT2D eigenvalue weighted by atomic mass is 9.99. The maximum atomic E-state index is 12.1. The van der Waals surface area contributed by atoms with Crippen molar-refractivity contribution in [1.29, 1.82) is 0 Å². The number of piperidine rings is 1. The van der Waals surface area contributed by atoms with Crippen LogP contribution in [0.5, 0.6) is 5.75 Å². The SMILES string of the molecule is CCCOc1ccc(NC(=O)[C@@H]2CCCNC2)cc1Cl.Cl. The number of anilines is 1. The maximum Gasteiger partial charge on any atom is 0.228 e. The molecule has 21 heavy (non-hydrogen) atoms. The Balaban J connectivity index is 0.00000220. The minimum absolute atomic E-state index is 0. The summed E-state index contributed by atoms with van der Waals surface area (Å²) in [5.74, 6) is 0.750. The molecule has 6 heteroatoms. The van der Waals surface area contributed by atoms with E-state index in [1.54, 1.807) is 12.1 Å². The van der Waals surface area contributed by atoms with Crippen molar-refractivity contribution in [3.8, 4) is 5.75 Å². The van der Waals surface area contributed by atoms with Gasteiger partial charge in [-0.1, -0.05) is 18.5 Å². The largest absolute Gasteiger partial charge is 0.492 e. The van der Waals surface area contributed by atoms with Crippen LogP contribution in [0.3, 0.4) is 0 Å². The monoisotopic (exact) mass is 332 g/mol. The van der Waals surface area contributed by atoms with Crippen LogP contribution in [0.25, 0.3) is 0 Å². The Labute approximate surface area is 137 Å². The standard InChI is InChI=1S/C15H21ClN2O2.ClH/c1-2-8-20-14-6-5-12(9-13(14)16)18-15(19)11-4-3-7-17-10-11;/h5-6,9,11,17H,2-4,7-8,10H2,1H3,(H,18,19);1H/t11-;/m1./s1. The first-order valence-electron chi connectivity index (χ1n) is 7.14. The summed E-state index contributed by atoms with van der Waals surface area (Å²) in [6.07, 6.45) is 2.91. The summed E-state index contributed by atoms with van der Waals surface area (Å²) < 4.78 is 5.51. The smallest absolute Gasteiger partial charge is 0.228 e. The third kappa shape index (κ3) is 5.38. The van der Waals surface area contributed by atoms with Gasteiger partial charge in [-0.2, -0.15) is 0 Å². The Morgan fingerprint density at radius 3 is 2.95 bits per heavy atom. The Kier molecular flexibility index (Phi) is 7.86. The van der Waals surface area contributed by atoms with Crippen molar-refractivity contribution >= 4 is 35.6 Å². The quantitative estimate of drug-likeness (QED) is 0.867. The highest BCUT2D eigenvalue weighted by molar-refractivity contribution is 6.32. The van der Waals surface area contributed by atoms with E-state index in [0.717, 1.165) is 38.0 Å². The Morgan fingerprint density at radius 2 is 2.33 bits per heavy atom. The normalized spacial score (nSPS) is 17.7. The van der Waals surface area contributed by atoms with Crippen LogP contribution in [-0.4, -0.2) is 25.6 Å². The first-order valence-corrected chi connectivity index (χ1v) is 7.52. The fourth-order valence-corrected chi connectivity index (χ4v) is 2.46. The summed E-state index contributed by atoms with van der Waals surface area (Å²) in [7, 11) is 0. The van der Waals surface area contributed by atoms with Gasteiger partial charge in [-0.05, 0) is 44.0 Å². The molecule has 1 fully saturated rings. The van der Waals surface area contributed by atoms with Gasteiger partial charge in [-0.3, -0.25) is 4.79 Å². The highest BCUT2D eigenvalue weighted by Crippen LogP contribution is 2.28. The van der Waals surface area contributed by atoms with Gasteiger partial charge in [-0.15, -0.1) is 12.4 Å². The molecule has 118 valence electrons. The van der Waals surface area contributed by atoms with Crippen LogP contribution < -0.4 is 15.4 Å². The number of rotatable bonds is 5. The van der Waals surface area contributed by atoms with Gasteiger partial charge in [0.2, 0.25) is 5.91 Å². The zero-order valence-corrected chi connectivity index (χ0v) is 13.7. The average molecular weight is 333 g/mol. The fourth-order valence-electron chi connectivity index (χ4n) is 2.23. The Hall–Kier alpha value is -0.970. The van der Waals surface area contributed by atoms with Gasteiger partial charge in [0, 0.05) is 12.2 Å². The lowest BCUT2D eigenvalue weighted by Gasteiger charge is -2.22. The van der Waals surface area contributed by atoms with Gasteiger partial charge in [0.25, 0.3) is 0 Å². The van der Waals surface area contributed by atoms with Crippen molar-refractivity contribution in [3.05, 3.63) is 23.2 Å². The number of carbonyl (C=O) groups excluding carboxylic acids is 1. The van der Waals surface area contributed by atoms with Crippen molar-refractivity contribution in [1.82, 2.24) is 5.32 Å². The van der Waals surface area contributed by atoms with Gasteiger partial charge in [0.05, 0.1) is 17.5 Å². The third-order valence-electron chi connectivity index (χ3n) is 3.33. The maximum absolute atomic E-state index is 12.1. The molecule has 1 aromatic rings. The van der Waals surface area contributed by atoms with Crippen LogP contribution in [0.1, 0.15) is 26.2 Å². The molecular weight excluding hydrogens is 311 g/mol. The number of carbonyl (C=O) groups is 1. The van der Waals surface area contributed by atoms with Crippen LogP contribution >= 0.6 is 24.0 Å². The van der Waals surface area contributed by atoms with Gasteiger partial charge in [-0.25, -0.2) is 0 Å². The number of nitrogens with one attached hydrogen (secondary N) is 2. The summed E-state index contributed by atoms with van der Waals surface area (Å²) in [4.78, 5) is 12.1. The minimum Gasteiger partial charge on any atom is -0.492 e. The van der Waals surface area contributed by atoms with Crippen molar-refractivity contribution in [3.63, 3.8) is 0 Å². The summed E-state index contributed by atoms with van der Waals surface area (Å²) in [6.45, 7) is 4.43. The molecule has 2 rings (SSSR count). The van der Waals surface area contributed by atoms with Crippen molar-refractivity contribution < 1.29 is 9.53 Å². The number of benzene rings is 1. The summed E-state index contributed by atoms with van der Waals surface area (Å²) in [5, 5.41) is 6.68. The predicted octanol–water partition coefficient (Wildman–Crippen LogP) is 3.49. The second-order valence-corrected chi connectivity index (χ2v) is 5.43. The van der Waals surface area contributed by atoms with E-state index in [1.165, 1.54) is 0 Å². The van der Waals surface area contributed by atoms with E-state index >= 15 is 0 Å². The van der Waals surface area contributed by atoms with E-state index in [2.05, 4.69) is 10.6 Å². The predicted molar refractivity (Wildman–Crippen MR) is 88.7 cm³/mol. The lowest BCUT2D eigenvalue weighted by molar-refractivity contribution is -0.120. The molecule has 1 aromatic carbocycles. The second-order valence-electron chi connectivity index (χ2n) is 5.03. The van der Waals surface area contributed by atoms with Gasteiger partial charge in [0.1, 0.15) is 5.75 Å². The molecule has 0 bridgehead atoms. The molecule has 0 radical (unpaired) electrons. The number of hydrogen-bond acceptors (Lipinski definition) is 3. The van der Waals surface area contributed by atoms with E-state index in [1.807, 2.05) is 13.0 Å². The summed E-state index contributed by atoms with van der Waals surface area (Å²) >= 11 is 6.15. The van der Waals surface area contributed by atoms with Crippen LogP contribution in [0, 0.1) is 5.92 Å². The van der Waals surface area contributed by atoms with Crippen LogP contribution in [0.15, 0.2) is 18.2 Å². The first-order chi connectivity index (χ1) is 9.70. The molecule has 0 spiro atoms. The summed E-state index contributed by atoms with van der Waals surface area (Å²) in [6, 6.07) is 5.36. The molecule has 0 aliphatic carbocycles. The molecule has 0 saturated carbocycles. The highest BCUT2D eigenvalue weighted by Gasteiger charge is 2.21. The van der Waals surface area contributed by atoms with Gasteiger partial charge >= 0.3 is 0 Å². The minimum atomic E-state index is 0. The number of halogens is 2. The molecular formula is C15H22Cl2N2O2. The van der Waals surface area contributed by atoms with Crippen LogP contribution in [0.2, 0.25) is 5.02 Å². The number of ether oxygens (including phenoxy) is 1. The zero-order valence-electron chi connectivity index (χ0n) is 12.2. The highest BCUT2D eigenvalue weighted by atomic mass is 35.5. The van der Waals surface area contributed by atoms with Gasteiger partial charge < -0.3 is 15.4 Å². The van der Waals surface area contributed by atoms with E-state index < -0.39 is 0 Å². The molecule has 0 unspecified atom stereocenters. The second kappa shape index (κ2) is 9.13. The van der Waals surface area contributed by atoms with Crippen LogP contribution in [0.4, 0.5) is 5.69 Å². The topological polar surface area (TPSA) is 50.4 Å². The number of amides is 1. The third-order valence-corrected chi connectivity index (χ3v) is 3.62. The molecule has 1 atom stereocenters. The molecule has 1 aliphatic rings.